The van der Waals surface area contributed by atoms with E-state index in [-0.39, 0.29) is 23.8 Å². The summed E-state index contributed by atoms with van der Waals surface area (Å²) in [5, 5.41) is 11.6. The number of hydrogen-bond donors (Lipinski definition) is 3. The quantitative estimate of drug-likeness (QED) is 0.720. The van der Waals surface area contributed by atoms with Crippen LogP contribution in [0.4, 0.5) is 9.18 Å². The highest BCUT2D eigenvalue weighted by Crippen LogP contribution is 2.46. The summed E-state index contributed by atoms with van der Waals surface area (Å²) in [5.41, 5.74) is 8.95. The van der Waals surface area contributed by atoms with Gasteiger partial charge in [-0.3, -0.25) is 4.98 Å². The molecule has 0 aliphatic heterocycles. The number of carboxylic acid groups (broad SMARTS) is 1. The molecule has 1 amide bonds. The Morgan fingerprint density at radius 2 is 2.07 bits per heavy atom. The molecule has 1 unspecified atom stereocenters. The van der Waals surface area contributed by atoms with Crippen molar-refractivity contribution in [3.63, 3.8) is 0 Å². The van der Waals surface area contributed by atoms with E-state index in [9.17, 15) is 9.18 Å². The van der Waals surface area contributed by atoms with E-state index in [0.29, 0.717) is 11.8 Å². The summed E-state index contributed by atoms with van der Waals surface area (Å²) >= 11 is 0. The van der Waals surface area contributed by atoms with Crippen LogP contribution in [0.15, 0.2) is 48.7 Å². The molecule has 5 atom stereocenters. The van der Waals surface area contributed by atoms with Crippen molar-refractivity contribution in [3.05, 3.63) is 60.2 Å². The molecular weight excluding hydrogens is 369 g/mol. The maximum atomic E-state index is 13.4. The van der Waals surface area contributed by atoms with E-state index < -0.39 is 6.09 Å². The van der Waals surface area contributed by atoms with Crippen molar-refractivity contribution in [1.82, 2.24) is 10.3 Å². The van der Waals surface area contributed by atoms with Gasteiger partial charge in [0.1, 0.15) is 5.82 Å². The highest BCUT2D eigenvalue weighted by atomic mass is 19.1. The van der Waals surface area contributed by atoms with Crippen molar-refractivity contribution in [2.75, 3.05) is 0 Å². The van der Waals surface area contributed by atoms with E-state index in [1.807, 2.05) is 24.3 Å². The summed E-state index contributed by atoms with van der Waals surface area (Å²) in [4.78, 5) is 15.4. The summed E-state index contributed by atoms with van der Waals surface area (Å²) in [6.07, 6.45) is 8.66. The first-order valence-electron chi connectivity index (χ1n) is 10.1. The molecular formula is C23H26FN3O2. The summed E-state index contributed by atoms with van der Waals surface area (Å²) < 4.78 is 13.4. The molecule has 0 saturated heterocycles. The van der Waals surface area contributed by atoms with E-state index >= 15 is 0 Å². The van der Waals surface area contributed by atoms with E-state index in [2.05, 4.69) is 16.4 Å². The maximum Gasteiger partial charge on any atom is 0.404 e. The van der Waals surface area contributed by atoms with Crippen molar-refractivity contribution in [3.8, 4) is 11.1 Å². The molecule has 2 aliphatic carbocycles. The first-order valence-corrected chi connectivity index (χ1v) is 10.1. The Bertz CT molecular complexity index is 899. The largest absolute Gasteiger partial charge is 0.465 e. The molecule has 1 aromatic carbocycles. The molecule has 0 bridgehead atoms. The number of amides is 1. The van der Waals surface area contributed by atoms with Gasteiger partial charge in [0.25, 0.3) is 0 Å². The monoisotopic (exact) mass is 395 g/mol. The minimum atomic E-state index is -0.944. The Morgan fingerprint density at radius 1 is 1.21 bits per heavy atom. The first kappa shape index (κ1) is 19.6. The number of aromatic nitrogens is 1. The molecule has 4 rings (SSSR count). The zero-order valence-corrected chi connectivity index (χ0v) is 16.2. The van der Waals surface area contributed by atoms with Gasteiger partial charge in [0.05, 0.1) is 5.69 Å². The van der Waals surface area contributed by atoms with Crippen LogP contribution < -0.4 is 11.1 Å². The third kappa shape index (κ3) is 4.48. The van der Waals surface area contributed by atoms with Gasteiger partial charge in [-0.1, -0.05) is 24.3 Å². The maximum absolute atomic E-state index is 13.4. The lowest BCUT2D eigenvalue weighted by Crippen LogP contribution is -2.39. The van der Waals surface area contributed by atoms with Gasteiger partial charge in [-0.15, -0.1) is 0 Å². The third-order valence-electron chi connectivity index (χ3n) is 6.37. The predicted molar refractivity (Wildman–Crippen MR) is 111 cm³/mol. The third-order valence-corrected chi connectivity index (χ3v) is 6.37. The number of halogens is 1. The molecule has 29 heavy (non-hydrogen) atoms. The topological polar surface area (TPSA) is 88.2 Å². The van der Waals surface area contributed by atoms with Crippen molar-refractivity contribution in [1.29, 1.82) is 0 Å². The first-order chi connectivity index (χ1) is 14.0. The zero-order chi connectivity index (χ0) is 20.4. The Morgan fingerprint density at radius 3 is 2.79 bits per heavy atom. The van der Waals surface area contributed by atoms with Gasteiger partial charge < -0.3 is 16.2 Å². The SMILES string of the molecule is N[C@H]1C[C@@H]2CC(NC(=O)O)CC[C@H]2[C@@H]1/C=C/c1ccc(-c2cccc(F)c2)cn1. The Hall–Kier alpha value is -2.73. The summed E-state index contributed by atoms with van der Waals surface area (Å²) in [7, 11) is 0. The highest BCUT2D eigenvalue weighted by molar-refractivity contribution is 5.65. The van der Waals surface area contributed by atoms with E-state index in [4.69, 9.17) is 10.8 Å². The van der Waals surface area contributed by atoms with Crippen LogP contribution >= 0.6 is 0 Å². The number of nitrogens with two attached hydrogens (primary N) is 1. The molecule has 2 aromatic rings. The lowest BCUT2D eigenvalue weighted by molar-refractivity contribution is 0.169. The van der Waals surface area contributed by atoms with Gasteiger partial charge in [-0.25, -0.2) is 9.18 Å². The summed E-state index contributed by atoms with van der Waals surface area (Å²) in [6, 6.07) is 10.5. The number of rotatable bonds is 4. The van der Waals surface area contributed by atoms with Crippen LogP contribution in [0.2, 0.25) is 0 Å². The molecule has 2 saturated carbocycles. The smallest absolute Gasteiger partial charge is 0.404 e. The minimum absolute atomic E-state index is 0.0423. The number of carbonyl (C=O) groups is 1. The van der Waals surface area contributed by atoms with Crippen LogP contribution in [-0.2, 0) is 0 Å². The molecule has 0 radical (unpaired) electrons. The second kappa shape index (κ2) is 8.33. The van der Waals surface area contributed by atoms with E-state index in [1.54, 1.807) is 12.3 Å². The average molecular weight is 395 g/mol. The molecule has 5 nitrogen and oxygen atoms in total. The minimum Gasteiger partial charge on any atom is -0.465 e. The van der Waals surface area contributed by atoms with Crippen LogP contribution in [0, 0.1) is 23.6 Å². The van der Waals surface area contributed by atoms with Crippen LogP contribution in [0.3, 0.4) is 0 Å². The van der Waals surface area contributed by atoms with Gasteiger partial charge in [-0.2, -0.15) is 0 Å². The number of nitrogens with one attached hydrogen (secondary N) is 1. The molecule has 152 valence electrons. The fourth-order valence-corrected chi connectivity index (χ4v) is 5.03. The second-order valence-electron chi connectivity index (χ2n) is 8.20. The van der Waals surface area contributed by atoms with Gasteiger partial charge in [-0.05, 0) is 73.3 Å². The average Bonchev–Trinajstić information content (AvgIpc) is 3.00. The van der Waals surface area contributed by atoms with Crippen LogP contribution in [0.5, 0.6) is 0 Å². The zero-order valence-electron chi connectivity index (χ0n) is 16.2. The Kier molecular flexibility index (Phi) is 5.62. The lowest BCUT2D eigenvalue weighted by Gasteiger charge is -2.33. The van der Waals surface area contributed by atoms with Crippen molar-refractivity contribution >= 4 is 12.2 Å². The molecule has 6 heteroatoms. The van der Waals surface area contributed by atoms with Crippen LogP contribution in [-0.4, -0.2) is 28.3 Å². The Labute approximate surface area is 169 Å². The summed E-state index contributed by atoms with van der Waals surface area (Å²) in [6.45, 7) is 0. The molecule has 2 aliphatic rings. The molecule has 1 heterocycles. The standard InChI is InChI=1S/C23H26FN3O2/c24-17-3-1-2-14(10-17)15-4-5-18(26-13-15)6-9-21-20-8-7-19(27-23(28)29)11-16(20)12-22(21)25/h1-6,9-10,13,16,19-22,27H,7-8,11-12,25H2,(H,28,29)/b9-6+/t16-,19?,20+,21-,22-/m0/s1. The molecule has 2 fully saturated rings. The summed E-state index contributed by atoms with van der Waals surface area (Å²) in [5.74, 6) is 0.994. The number of benzene rings is 1. The number of fused-ring (bicyclic) bond motifs is 1. The van der Waals surface area contributed by atoms with E-state index in [0.717, 1.165) is 42.5 Å². The van der Waals surface area contributed by atoms with Crippen molar-refractivity contribution in [2.45, 2.75) is 37.8 Å². The van der Waals surface area contributed by atoms with E-state index in [1.165, 1.54) is 12.1 Å². The van der Waals surface area contributed by atoms with Gasteiger partial charge in [0.15, 0.2) is 0 Å². The number of hydrogen-bond acceptors (Lipinski definition) is 3. The normalized spacial score (nSPS) is 29.0. The lowest BCUT2D eigenvalue weighted by atomic mass is 9.75. The van der Waals surface area contributed by atoms with Gasteiger partial charge in [0, 0.05) is 23.8 Å². The fraction of sp³-hybridized carbons (Fsp3) is 0.391. The predicted octanol–water partition coefficient (Wildman–Crippen LogP) is 4.30. The molecule has 1 aromatic heterocycles. The Balaban J connectivity index is 1.42. The van der Waals surface area contributed by atoms with Crippen molar-refractivity contribution in [2.24, 2.45) is 23.5 Å². The number of nitrogens with zero attached hydrogens (tertiary/aromatic N) is 1. The van der Waals surface area contributed by atoms with Crippen LogP contribution in [0.25, 0.3) is 17.2 Å². The van der Waals surface area contributed by atoms with Gasteiger partial charge >= 0.3 is 6.09 Å². The number of pyridine rings is 1. The fourth-order valence-electron chi connectivity index (χ4n) is 5.03. The van der Waals surface area contributed by atoms with Gasteiger partial charge in [0.2, 0.25) is 0 Å². The van der Waals surface area contributed by atoms with Crippen molar-refractivity contribution < 1.29 is 14.3 Å². The highest BCUT2D eigenvalue weighted by Gasteiger charge is 2.43. The molecule has 4 N–H and O–H groups in total. The second-order valence-corrected chi connectivity index (χ2v) is 8.20. The molecule has 0 spiro atoms. The van der Waals surface area contributed by atoms with Crippen LogP contribution in [0.1, 0.15) is 31.4 Å².